The largest absolute Gasteiger partial charge is 0.496 e. The Labute approximate surface area is 127 Å². The van der Waals surface area contributed by atoms with Crippen LogP contribution in [-0.2, 0) is 4.74 Å². The number of carbonyl (C=O) groups excluding carboxylic acids is 1. The van der Waals surface area contributed by atoms with Gasteiger partial charge in [0.15, 0.2) is 11.6 Å². The minimum Gasteiger partial charge on any atom is -0.496 e. The summed E-state index contributed by atoms with van der Waals surface area (Å²) in [5.74, 6) is -2.68. The fourth-order valence-electron chi connectivity index (χ4n) is 2.86. The standard InChI is InChI=1S/C15H18F2N2O3/c1-21-12-3-2-11(16)14(17)13(12)15(20)19-8-10(9-19)18-4-6-22-7-5-18/h2-3,10H,4-9H2,1H3. The molecule has 2 heterocycles. The van der Waals surface area contributed by atoms with Gasteiger partial charge in [0, 0.05) is 32.2 Å². The van der Waals surface area contributed by atoms with Gasteiger partial charge in [0.1, 0.15) is 11.3 Å². The Morgan fingerprint density at radius 2 is 1.95 bits per heavy atom. The van der Waals surface area contributed by atoms with Crippen molar-refractivity contribution in [2.75, 3.05) is 46.5 Å². The van der Waals surface area contributed by atoms with E-state index in [0.717, 1.165) is 19.2 Å². The maximum atomic E-state index is 13.9. The fourth-order valence-corrected chi connectivity index (χ4v) is 2.86. The Morgan fingerprint density at radius 3 is 2.59 bits per heavy atom. The van der Waals surface area contributed by atoms with Crippen molar-refractivity contribution in [2.45, 2.75) is 6.04 Å². The number of likely N-dealkylation sites (tertiary alicyclic amines) is 1. The molecule has 0 aromatic heterocycles. The lowest BCUT2D eigenvalue weighted by Gasteiger charge is -2.46. The van der Waals surface area contributed by atoms with E-state index in [1.54, 1.807) is 0 Å². The summed E-state index contributed by atoms with van der Waals surface area (Å²) in [5, 5.41) is 0. The van der Waals surface area contributed by atoms with Crippen LogP contribution in [0.15, 0.2) is 12.1 Å². The zero-order valence-corrected chi connectivity index (χ0v) is 12.3. The third-order valence-electron chi connectivity index (χ3n) is 4.20. The van der Waals surface area contributed by atoms with Gasteiger partial charge in [0.05, 0.1) is 20.3 Å². The van der Waals surface area contributed by atoms with Crippen molar-refractivity contribution >= 4 is 5.91 Å². The molecule has 2 aliphatic rings. The van der Waals surface area contributed by atoms with Gasteiger partial charge in [0.2, 0.25) is 0 Å². The summed E-state index contributed by atoms with van der Waals surface area (Å²) in [4.78, 5) is 16.2. The monoisotopic (exact) mass is 312 g/mol. The molecule has 0 aliphatic carbocycles. The number of hydrogen-bond donors (Lipinski definition) is 0. The molecule has 0 bridgehead atoms. The highest BCUT2D eigenvalue weighted by atomic mass is 19.2. The van der Waals surface area contributed by atoms with Crippen molar-refractivity contribution in [2.24, 2.45) is 0 Å². The molecule has 0 unspecified atom stereocenters. The van der Waals surface area contributed by atoms with E-state index >= 15 is 0 Å². The van der Waals surface area contributed by atoms with E-state index in [1.807, 2.05) is 0 Å². The highest BCUT2D eigenvalue weighted by Gasteiger charge is 2.37. The molecule has 2 saturated heterocycles. The summed E-state index contributed by atoms with van der Waals surface area (Å²) in [6.07, 6.45) is 0. The third kappa shape index (κ3) is 2.66. The average Bonchev–Trinajstić information content (AvgIpc) is 2.49. The SMILES string of the molecule is COc1ccc(F)c(F)c1C(=O)N1CC(N2CCOCC2)C1. The Kier molecular flexibility index (Phi) is 4.26. The molecule has 1 amide bonds. The van der Waals surface area contributed by atoms with Crippen LogP contribution >= 0.6 is 0 Å². The number of ether oxygens (including phenoxy) is 2. The van der Waals surface area contributed by atoms with Crippen LogP contribution in [0.2, 0.25) is 0 Å². The molecule has 0 spiro atoms. The van der Waals surface area contributed by atoms with Crippen molar-refractivity contribution in [3.05, 3.63) is 29.3 Å². The van der Waals surface area contributed by atoms with Crippen molar-refractivity contribution in [3.8, 4) is 5.75 Å². The molecule has 2 aliphatic heterocycles. The normalized spacial score (nSPS) is 19.9. The quantitative estimate of drug-likeness (QED) is 0.839. The van der Waals surface area contributed by atoms with Gasteiger partial charge in [0.25, 0.3) is 5.91 Å². The van der Waals surface area contributed by atoms with Crippen molar-refractivity contribution in [1.29, 1.82) is 0 Å². The molecule has 0 radical (unpaired) electrons. The van der Waals surface area contributed by atoms with E-state index in [0.29, 0.717) is 26.3 Å². The molecule has 22 heavy (non-hydrogen) atoms. The van der Waals surface area contributed by atoms with E-state index in [-0.39, 0.29) is 17.4 Å². The Morgan fingerprint density at radius 1 is 1.27 bits per heavy atom. The van der Waals surface area contributed by atoms with Gasteiger partial charge in [-0.15, -0.1) is 0 Å². The molecular formula is C15H18F2N2O3. The summed E-state index contributed by atoms with van der Waals surface area (Å²) in [5.41, 5.74) is -0.331. The minimum absolute atomic E-state index is 0.0544. The molecule has 0 N–H and O–H groups in total. The third-order valence-corrected chi connectivity index (χ3v) is 4.20. The maximum Gasteiger partial charge on any atom is 0.260 e. The van der Waals surface area contributed by atoms with Gasteiger partial charge in [-0.2, -0.15) is 0 Å². The van der Waals surface area contributed by atoms with Crippen molar-refractivity contribution in [1.82, 2.24) is 9.80 Å². The number of morpholine rings is 1. The summed E-state index contributed by atoms with van der Waals surface area (Å²) in [6.45, 7) is 4.08. The Balaban J connectivity index is 1.70. The smallest absolute Gasteiger partial charge is 0.260 e. The molecule has 3 rings (SSSR count). The number of amides is 1. The molecule has 7 heteroatoms. The predicted octanol–water partition coefficient (Wildman–Crippen LogP) is 1.13. The van der Waals surface area contributed by atoms with Crippen LogP contribution in [0.1, 0.15) is 10.4 Å². The fraction of sp³-hybridized carbons (Fsp3) is 0.533. The van der Waals surface area contributed by atoms with Crippen LogP contribution in [0, 0.1) is 11.6 Å². The molecular weight excluding hydrogens is 294 g/mol. The van der Waals surface area contributed by atoms with E-state index < -0.39 is 17.5 Å². The number of hydrogen-bond acceptors (Lipinski definition) is 4. The first-order valence-electron chi connectivity index (χ1n) is 7.25. The number of benzene rings is 1. The predicted molar refractivity (Wildman–Crippen MR) is 75.0 cm³/mol. The lowest BCUT2D eigenvalue weighted by atomic mass is 10.0. The molecule has 0 saturated carbocycles. The van der Waals surface area contributed by atoms with E-state index in [1.165, 1.54) is 18.1 Å². The molecule has 5 nitrogen and oxygen atoms in total. The number of carbonyl (C=O) groups is 1. The van der Waals surface area contributed by atoms with Gasteiger partial charge in [-0.1, -0.05) is 0 Å². The second-order valence-electron chi connectivity index (χ2n) is 5.45. The Hall–Kier alpha value is -1.73. The van der Waals surface area contributed by atoms with E-state index in [4.69, 9.17) is 9.47 Å². The second kappa shape index (κ2) is 6.18. The summed E-state index contributed by atoms with van der Waals surface area (Å²) in [6, 6.07) is 2.48. The van der Waals surface area contributed by atoms with Gasteiger partial charge in [-0.05, 0) is 12.1 Å². The lowest BCUT2D eigenvalue weighted by molar-refractivity contribution is -0.0258. The highest BCUT2D eigenvalue weighted by Crippen LogP contribution is 2.28. The number of halogens is 2. The van der Waals surface area contributed by atoms with Gasteiger partial charge in [-0.3, -0.25) is 9.69 Å². The molecule has 1 aromatic carbocycles. The first kappa shape index (κ1) is 15.2. The molecule has 0 atom stereocenters. The second-order valence-corrected chi connectivity index (χ2v) is 5.45. The lowest BCUT2D eigenvalue weighted by Crippen LogP contribution is -2.62. The Bertz CT molecular complexity index is 570. The summed E-state index contributed by atoms with van der Waals surface area (Å²) < 4.78 is 37.6. The summed E-state index contributed by atoms with van der Waals surface area (Å²) in [7, 11) is 1.33. The summed E-state index contributed by atoms with van der Waals surface area (Å²) >= 11 is 0. The number of methoxy groups -OCH3 is 1. The van der Waals surface area contributed by atoms with Crippen molar-refractivity contribution < 1.29 is 23.0 Å². The number of rotatable bonds is 3. The number of nitrogens with zero attached hydrogens (tertiary/aromatic N) is 2. The van der Waals surface area contributed by atoms with E-state index in [9.17, 15) is 13.6 Å². The van der Waals surface area contributed by atoms with Crippen LogP contribution in [0.3, 0.4) is 0 Å². The molecule has 120 valence electrons. The molecule has 1 aromatic rings. The van der Waals surface area contributed by atoms with Gasteiger partial charge >= 0.3 is 0 Å². The minimum atomic E-state index is -1.15. The first-order valence-corrected chi connectivity index (χ1v) is 7.25. The molecule has 2 fully saturated rings. The highest BCUT2D eigenvalue weighted by molar-refractivity contribution is 5.97. The van der Waals surface area contributed by atoms with Crippen LogP contribution in [0.25, 0.3) is 0 Å². The van der Waals surface area contributed by atoms with Gasteiger partial charge in [-0.25, -0.2) is 8.78 Å². The topological polar surface area (TPSA) is 42.0 Å². The first-order chi connectivity index (χ1) is 10.6. The van der Waals surface area contributed by atoms with E-state index in [2.05, 4.69) is 4.90 Å². The van der Waals surface area contributed by atoms with Crippen molar-refractivity contribution in [3.63, 3.8) is 0 Å². The van der Waals surface area contributed by atoms with Gasteiger partial charge < -0.3 is 14.4 Å². The van der Waals surface area contributed by atoms with Crippen LogP contribution in [0.4, 0.5) is 8.78 Å². The average molecular weight is 312 g/mol. The van der Waals surface area contributed by atoms with Crippen LogP contribution in [-0.4, -0.2) is 68.3 Å². The van der Waals surface area contributed by atoms with Crippen LogP contribution < -0.4 is 4.74 Å². The maximum absolute atomic E-state index is 13.9. The zero-order chi connectivity index (χ0) is 15.7. The zero-order valence-electron chi connectivity index (χ0n) is 12.3. The van der Waals surface area contributed by atoms with Crippen LogP contribution in [0.5, 0.6) is 5.75 Å².